The van der Waals surface area contributed by atoms with Crippen molar-refractivity contribution in [1.82, 2.24) is 19.5 Å². The minimum Gasteiger partial charge on any atom is -0.293 e. The summed E-state index contributed by atoms with van der Waals surface area (Å²) in [5.74, 6) is 1.52. The Balaban J connectivity index is 1.34. The lowest BCUT2D eigenvalue weighted by molar-refractivity contribution is 0.660. The average Bonchev–Trinajstić information content (AvgIpc) is 3.47. The van der Waals surface area contributed by atoms with Crippen LogP contribution in [-0.2, 0) is 5.41 Å². The third kappa shape index (κ3) is 3.15. The number of rotatable bonds is 2. The molecular weight excluding hydrogens is 512 g/mol. The van der Waals surface area contributed by atoms with Gasteiger partial charge in [0.25, 0.3) is 0 Å². The molecule has 0 unspecified atom stereocenters. The van der Waals surface area contributed by atoms with E-state index in [2.05, 4.69) is 128 Å². The van der Waals surface area contributed by atoms with Gasteiger partial charge in [-0.15, -0.1) is 0 Å². The standard InChI is InChI=1S/C38H26N4/c1-38(2)31-15-7-5-12-26(31)27-18-17-25(21-32(27)38)35-40-36-29(14-9-19-39-36)37(41-35)42-33-16-8-6-13-28(33)30-20-23-10-3-4-11-24(23)22-34(30)42/h3-22H,1-2H3. The Morgan fingerprint density at radius 2 is 1.31 bits per heavy atom. The van der Waals surface area contributed by atoms with E-state index in [9.17, 15) is 0 Å². The van der Waals surface area contributed by atoms with Crippen LogP contribution in [0.2, 0.25) is 0 Å². The molecule has 1 aliphatic carbocycles. The van der Waals surface area contributed by atoms with E-state index < -0.39 is 0 Å². The van der Waals surface area contributed by atoms with Crippen molar-refractivity contribution in [2.24, 2.45) is 0 Å². The Kier molecular flexibility index (Phi) is 4.64. The SMILES string of the molecule is CC1(C)c2ccccc2-c2ccc(-c3nc(-n4c5ccccc5c5cc6ccccc6cc54)c4cccnc4n3)cc21. The highest BCUT2D eigenvalue weighted by Gasteiger charge is 2.35. The van der Waals surface area contributed by atoms with Gasteiger partial charge in [0.1, 0.15) is 0 Å². The summed E-state index contributed by atoms with van der Waals surface area (Å²) < 4.78 is 2.29. The van der Waals surface area contributed by atoms with E-state index in [1.165, 1.54) is 43.8 Å². The second-order valence-corrected chi connectivity index (χ2v) is 11.7. The van der Waals surface area contributed by atoms with Gasteiger partial charge in [0.15, 0.2) is 17.3 Å². The highest BCUT2D eigenvalue weighted by molar-refractivity contribution is 6.14. The summed E-state index contributed by atoms with van der Waals surface area (Å²) in [4.78, 5) is 15.1. The van der Waals surface area contributed by atoms with Crippen molar-refractivity contribution in [3.63, 3.8) is 0 Å². The first-order chi connectivity index (χ1) is 20.6. The lowest BCUT2D eigenvalue weighted by Crippen LogP contribution is -2.15. The molecule has 0 saturated carbocycles. The molecule has 0 atom stereocenters. The maximum atomic E-state index is 5.33. The van der Waals surface area contributed by atoms with Crippen LogP contribution in [-0.4, -0.2) is 19.5 Å². The van der Waals surface area contributed by atoms with Crippen LogP contribution in [0, 0.1) is 0 Å². The molecule has 5 aromatic carbocycles. The number of fused-ring (bicyclic) bond motifs is 8. The summed E-state index contributed by atoms with van der Waals surface area (Å²) in [5.41, 5.74) is 9.07. The van der Waals surface area contributed by atoms with E-state index >= 15 is 0 Å². The molecule has 9 rings (SSSR count). The van der Waals surface area contributed by atoms with E-state index in [1.807, 2.05) is 12.3 Å². The molecule has 1 aliphatic rings. The molecule has 8 aromatic rings. The fourth-order valence-electron chi connectivity index (χ4n) is 6.97. The number of para-hydroxylation sites is 1. The average molecular weight is 539 g/mol. The van der Waals surface area contributed by atoms with E-state index in [1.54, 1.807) is 0 Å². The van der Waals surface area contributed by atoms with Crippen molar-refractivity contribution in [1.29, 1.82) is 0 Å². The van der Waals surface area contributed by atoms with Crippen LogP contribution in [0.15, 0.2) is 121 Å². The van der Waals surface area contributed by atoms with Crippen molar-refractivity contribution in [3.05, 3.63) is 133 Å². The first-order valence-electron chi connectivity index (χ1n) is 14.4. The molecule has 0 spiro atoms. The maximum Gasteiger partial charge on any atom is 0.165 e. The smallest absolute Gasteiger partial charge is 0.165 e. The number of hydrogen-bond acceptors (Lipinski definition) is 3. The Bertz CT molecular complexity index is 2400. The van der Waals surface area contributed by atoms with Crippen LogP contribution in [0.4, 0.5) is 0 Å². The molecule has 3 aromatic heterocycles. The molecule has 0 bridgehead atoms. The zero-order chi connectivity index (χ0) is 28.0. The Hall–Kier alpha value is -5.35. The molecule has 0 aliphatic heterocycles. The molecule has 0 N–H and O–H groups in total. The summed E-state index contributed by atoms with van der Waals surface area (Å²) in [5, 5.41) is 5.76. The third-order valence-electron chi connectivity index (χ3n) is 9.04. The lowest BCUT2D eigenvalue weighted by atomic mass is 9.82. The fraction of sp³-hybridized carbons (Fsp3) is 0.0789. The normalized spacial score (nSPS) is 13.7. The largest absolute Gasteiger partial charge is 0.293 e. The highest BCUT2D eigenvalue weighted by Crippen LogP contribution is 2.49. The second-order valence-electron chi connectivity index (χ2n) is 11.7. The van der Waals surface area contributed by atoms with Gasteiger partial charge in [-0.25, -0.2) is 15.0 Å². The molecule has 4 heteroatoms. The first kappa shape index (κ1) is 23.4. The lowest BCUT2D eigenvalue weighted by Gasteiger charge is -2.21. The number of nitrogens with zero attached hydrogens (tertiary/aromatic N) is 4. The monoisotopic (exact) mass is 538 g/mol. The van der Waals surface area contributed by atoms with Crippen LogP contribution in [0.1, 0.15) is 25.0 Å². The summed E-state index contributed by atoms with van der Waals surface area (Å²) >= 11 is 0. The Morgan fingerprint density at radius 3 is 2.21 bits per heavy atom. The van der Waals surface area contributed by atoms with Crippen molar-refractivity contribution >= 4 is 43.6 Å². The van der Waals surface area contributed by atoms with Gasteiger partial charge >= 0.3 is 0 Å². The topological polar surface area (TPSA) is 43.6 Å². The van der Waals surface area contributed by atoms with Gasteiger partial charge in [-0.3, -0.25) is 4.57 Å². The zero-order valence-corrected chi connectivity index (χ0v) is 23.3. The Labute approximate surface area is 242 Å². The van der Waals surface area contributed by atoms with Gasteiger partial charge in [-0.05, 0) is 69.4 Å². The summed E-state index contributed by atoms with van der Waals surface area (Å²) in [6.07, 6.45) is 1.81. The first-order valence-corrected chi connectivity index (χ1v) is 14.4. The minimum absolute atomic E-state index is 0.103. The summed E-state index contributed by atoms with van der Waals surface area (Å²) in [6, 6.07) is 41.1. The number of aromatic nitrogens is 4. The summed E-state index contributed by atoms with van der Waals surface area (Å²) in [6.45, 7) is 4.61. The predicted octanol–water partition coefficient (Wildman–Crippen LogP) is 9.25. The third-order valence-corrected chi connectivity index (χ3v) is 9.04. The zero-order valence-electron chi connectivity index (χ0n) is 23.3. The van der Waals surface area contributed by atoms with Gasteiger partial charge in [0.2, 0.25) is 0 Å². The molecular formula is C38H26N4. The van der Waals surface area contributed by atoms with E-state index in [4.69, 9.17) is 15.0 Å². The van der Waals surface area contributed by atoms with Crippen molar-refractivity contribution in [3.8, 4) is 28.3 Å². The van der Waals surface area contributed by atoms with Gasteiger partial charge in [-0.1, -0.05) is 92.7 Å². The quantitative estimate of drug-likeness (QED) is 0.220. The molecule has 3 heterocycles. The second kappa shape index (κ2) is 8.34. The van der Waals surface area contributed by atoms with Crippen LogP contribution in [0.5, 0.6) is 0 Å². The van der Waals surface area contributed by atoms with Gasteiger partial charge in [0, 0.05) is 27.9 Å². The van der Waals surface area contributed by atoms with Crippen LogP contribution < -0.4 is 0 Å². The van der Waals surface area contributed by atoms with Crippen LogP contribution in [0.25, 0.3) is 71.9 Å². The van der Waals surface area contributed by atoms with Crippen molar-refractivity contribution in [2.45, 2.75) is 19.3 Å². The molecule has 198 valence electrons. The Morgan fingerprint density at radius 1 is 0.571 bits per heavy atom. The van der Waals surface area contributed by atoms with E-state index in [0.29, 0.717) is 11.5 Å². The molecule has 42 heavy (non-hydrogen) atoms. The molecule has 0 amide bonds. The van der Waals surface area contributed by atoms with Gasteiger partial charge in [-0.2, -0.15) is 0 Å². The molecule has 4 nitrogen and oxygen atoms in total. The fourth-order valence-corrected chi connectivity index (χ4v) is 6.97. The van der Waals surface area contributed by atoms with Crippen molar-refractivity contribution in [2.75, 3.05) is 0 Å². The van der Waals surface area contributed by atoms with Crippen LogP contribution >= 0.6 is 0 Å². The van der Waals surface area contributed by atoms with Crippen molar-refractivity contribution < 1.29 is 0 Å². The molecule has 0 radical (unpaired) electrons. The summed E-state index contributed by atoms with van der Waals surface area (Å²) in [7, 11) is 0. The molecule has 0 saturated heterocycles. The maximum absolute atomic E-state index is 5.33. The predicted molar refractivity (Wildman–Crippen MR) is 172 cm³/mol. The molecule has 0 fully saturated rings. The van der Waals surface area contributed by atoms with Gasteiger partial charge in [0.05, 0.1) is 16.4 Å². The van der Waals surface area contributed by atoms with Gasteiger partial charge < -0.3 is 0 Å². The van der Waals surface area contributed by atoms with Crippen LogP contribution in [0.3, 0.4) is 0 Å². The highest BCUT2D eigenvalue weighted by atomic mass is 15.1. The number of hydrogen-bond donors (Lipinski definition) is 0. The van der Waals surface area contributed by atoms with E-state index in [0.717, 1.165) is 27.8 Å². The number of pyridine rings is 1. The minimum atomic E-state index is -0.103. The van der Waals surface area contributed by atoms with E-state index in [-0.39, 0.29) is 5.41 Å². The number of benzene rings is 5.